The zero-order valence-corrected chi connectivity index (χ0v) is 11.1. The molecule has 6 nitrogen and oxygen atoms in total. The van der Waals surface area contributed by atoms with Gasteiger partial charge in [0.15, 0.2) is 5.78 Å². The third-order valence-electron chi connectivity index (χ3n) is 2.80. The maximum Gasteiger partial charge on any atom is 0.324 e. The summed E-state index contributed by atoms with van der Waals surface area (Å²) in [6.45, 7) is 1.62. The molecule has 1 aromatic carbocycles. The molecule has 0 amide bonds. The molecule has 1 aliphatic heterocycles. The van der Waals surface area contributed by atoms with Gasteiger partial charge in [0.25, 0.3) is 0 Å². The van der Waals surface area contributed by atoms with Gasteiger partial charge in [0.05, 0.1) is 11.5 Å². The molecule has 0 radical (unpaired) electrons. The van der Waals surface area contributed by atoms with Gasteiger partial charge in [-0.15, -0.1) is 0 Å². The van der Waals surface area contributed by atoms with E-state index in [-0.39, 0.29) is 17.3 Å². The predicted molar refractivity (Wildman–Crippen MR) is 66.1 cm³/mol. The largest absolute Gasteiger partial charge is 0.464 e. The Balaban J connectivity index is 2.19. The van der Waals surface area contributed by atoms with Gasteiger partial charge in [-0.3, -0.25) is 9.59 Å². The molecule has 2 rings (SSSR count). The van der Waals surface area contributed by atoms with Gasteiger partial charge in [-0.2, -0.15) is 4.72 Å². The molecule has 1 saturated heterocycles. The smallest absolute Gasteiger partial charge is 0.324 e. The van der Waals surface area contributed by atoms with Crippen LogP contribution in [0.5, 0.6) is 0 Å². The number of benzene rings is 1. The van der Waals surface area contributed by atoms with Crippen LogP contribution in [0.4, 0.5) is 0 Å². The van der Waals surface area contributed by atoms with Crippen LogP contribution in [0.3, 0.4) is 0 Å². The predicted octanol–water partition coefficient (Wildman–Crippen LogP) is 0.483. The fraction of sp³-hybridized carbons (Fsp3) is 0.333. The van der Waals surface area contributed by atoms with Gasteiger partial charge in [0, 0.05) is 12.0 Å². The fourth-order valence-electron chi connectivity index (χ4n) is 1.73. The number of hydrogen-bond donors (Lipinski definition) is 1. The minimum atomic E-state index is -3.78. The highest BCUT2D eigenvalue weighted by molar-refractivity contribution is 7.89. The third kappa shape index (κ3) is 2.99. The van der Waals surface area contributed by atoms with E-state index < -0.39 is 22.0 Å². The first-order valence-corrected chi connectivity index (χ1v) is 7.18. The van der Waals surface area contributed by atoms with Gasteiger partial charge in [-0.25, -0.2) is 8.42 Å². The minimum Gasteiger partial charge on any atom is -0.464 e. The average molecular weight is 283 g/mol. The Labute approximate surface area is 110 Å². The summed E-state index contributed by atoms with van der Waals surface area (Å²) in [6, 6.07) is 4.70. The highest BCUT2D eigenvalue weighted by Gasteiger charge is 2.31. The van der Waals surface area contributed by atoms with E-state index in [0.717, 1.165) is 0 Å². The summed E-state index contributed by atoms with van der Waals surface area (Å²) in [7, 11) is -3.78. The first kappa shape index (κ1) is 13.7. The third-order valence-corrected chi connectivity index (χ3v) is 4.29. The van der Waals surface area contributed by atoms with Crippen LogP contribution < -0.4 is 4.72 Å². The van der Waals surface area contributed by atoms with E-state index in [4.69, 9.17) is 0 Å². The molecule has 0 saturated carbocycles. The number of nitrogens with one attached hydrogen (secondary N) is 1. The fourth-order valence-corrected chi connectivity index (χ4v) is 2.95. The Morgan fingerprint density at radius 2 is 1.95 bits per heavy atom. The summed E-state index contributed by atoms with van der Waals surface area (Å²) < 4.78 is 31.0. The van der Waals surface area contributed by atoms with Gasteiger partial charge in [-0.1, -0.05) is 12.1 Å². The second-order valence-electron chi connectivity index (χ2n) is 4.21. The number of cyclic esters (lactones) is 1. The number of esters is 1. The van der Waals surface area contributed by atoms with Gasteiger partial charge in [-0.05, 0) is 19.1 Å². The van der Waals surface area contributed by atoms with Crippen LogP contribution in [-0.2, 0) is 19.6 Å². The van der Waals surface area contributed by atoms with Crippen LogP contribution in [0, 0.1) is 0 Å². The van der Waals surface area contributed by atoms with Crippen molar-refractivity contribution < 1.29 is 22.7 Å². The molecular weight excluding hydrogens is 270 g/mol. The molecule has 1 aliphatic rings. The van der Waals surface area contributed by atoms with Crippen LogP contribution in [0.2, 0.25) is 0 Å². The van der Waals surface area contributed by atoms with Gasteiger partial charge in [0.2, 0.25) is 10.0 Å². The van der Waals surface area contributed by atoms with Crippen LogP contribution in [0.15, 0.2) is 29.2 Å². The van der Waals surface area contributed by atoms with Crippen molar-refractivity contribution in [3.8, 4) is 0 Å². The topological polar surface area (TPSA) is 89.5 Å². The summed E-state index contributed by atoms with van der Waals surface area (Å²) in [5.74, 6) is -0.708. The van der Waals surface area contributed by atoms with Crippen molar-refractivity contribution in [3.05, 3.63) is 29.8 Å². The van der Waals surface area contributed by atoms with Crippen LogP contribution in [0.1, 0.15) is 23.7 Å². The molecule has 1 atom stereocenters. The van der Waals surface area contributed by atoms with E-state index in [1.807, 2.05) is 0 Å². The van der Waals surface area contributed by atoms with Crippen molar-refractivity contribution in [3.63, 3.8) is 0 Å². The number of Topliss-reactive ketones (excluding diaryl/α,β-unsaturated/α-hetero) is 1. The molecule has 1 aromatic rings. The summed E-state index contributed by atoms with van der Waals surface area (Å²) in [4.78, 5) is 22.3. The quantitative estimate of drug-likeness (QED) is 0.641. The van der Waals surface area contributed by atoms with Crippen molar-refractivity contribution in [2.24, 2.45) is 0 Å². The van der Waals surface area contributed by atoms with Crippen LogP contribution >= 0.6 is 0 Å². The second-order valence-corrected chi connectivity index (χ2v) is 5.92. The summed E-state index contributed by atoms with van der Waals surface area (Å²) in [6.07, 6.45) is 0.323. The molecule has 0 bridgehead atoms. The van der Waals surface area contributed by atoms with Crippen molar-refractivity contribution >= 4 is 21.8 Å². The van der Waals surface area contributed by atoms with E-state index in [9.17, 15) is 18.0 Å². The normalized spacial score (nSPS) is 19.2. The van der Waals surface area contributed by atoms with E-state index >= 15 is 0 Å². The van der Waals surface area contributed by atoms with Crippen molar-refractivity contribution in [1.82, 2.24) is 4.72 Å². The molecule has 0 aromatic heterocycles. The zero-order valence-electron chi connectivity index (χ0n) is 10.3. The van der Waals surface area contributed by atoms with E-state index in [2.05, 4.69) is 9.46 Å². The van der Waals surface area contributed by atoms with E-state index in [1.165, 1.54) is 31.2 Å². The zero-order chi connectivity index (χ0) is 14.0. The molecule has 102 valence electrons. The maximum atomic E-state index is 12.0. The number of ether oxygens (including phenoxy) is 1. The Bertz CT molecular complexity index is 606. The SMILES string of the molecule is CC(=O)c1ccc(S(=O)(=O)N[C@H]2CCOC2=O)cc1. The van der Waals surface area contributed by atoms with Crippen molar-refractivity contribution in [2.75, 3.05) is 6.61 Å². The van der Waals surface area contributed by atoms with Gasteiger partial charge in [0.1, 0.15) is 6.04 Å². The summed E-state index contributed by atoms with van der Waals surface area (Å²) in [5.41, 5.74) is 0.430. The van der Waals surface area contributed by atoms with Gasteiger partial charge >= 0.3 is 5.97 Å². The monoisotopic (exact) mass is 283 g/mol. The molecule has 1 fully saturated rings. The number of ketones is 1. The van der Waals surface area contributed by atoms with E-state index in [0.29, 0.717) is 12.0 Å². The number of sulfonamides is 1. The number of hydrogen-bond acceptors (Lipinski definition) is 5. The lowest BCUT2D eigenvalue weighted by Crippen LogP contribution is -2.37. The Kier molecular flexibility index (Phi) is 3.68. The van der Waals surface area contributed by atoms with Crippen LogP contribution in [0.25, 0.3) is 0 Å². The molecule has 0 unspecified atom stereocenters. The second kappa shape index (κ2) is 5.10. The molecule has 0 spiro atoms. The Morgan fingerprint density at radius 1 is 1.32 bits per heavy atom. The summed E-state index contributed by atoms with van der Waals surface area (Å²) in [5, 5.41) is 0. The van der Waals surface area contributed by atoms with Gasteiger partial charge < -0.3 is 4.74 Å². The first-order valence-electron chi connectivity index (χ1n) is 5.70. The molecule has 1 heterocycles. The summed E-state index contributed by atoms with van der Waals surface area (Å²) >= 11 is 0. The molecule has 1 N–H and O–H groups in total. The minimum absolute atomic E-state index is 0.0113. The lowest BCUT2D eigenvalue weighted by atomic mass is 10.2. The number of rotatable bonds is 4. The molecular formula is C12H13NO5S. The highest BCUT2D eigenvalue weighted by Crippen LogP contribution is 2.14. The lowest BCUT2D eigenvalue weighted by molar-refractivity contribution is -0.139. The van der Waals surface area contributed by atoms with Crippen molar-refractivity contribution in [1.29, 1.82) is 0 Å². The lowest BCUT2D eigenvalue weighted by Gasteiger charge is -2.10. The maximum absolute atomic E-state index is 12.0. The van der Waals surface area contributed by atoms with Crippen LogP contribution in [-0.4, -0.2) is 32.8 Å². The standard InChI is InChI=1S/C12H13NO5S/c1-8(14)9-2-4-10(5-3-9)19(16,17)13-11-6-7-18-12(11)15/h2-5,11,13H,6-7H2,1H3/t11-/m0/s1. The first-order chi connectivity index (χ1) is 8.90. The number of carbonyl (C=O) groups is 2. The molecule has 7 heteroatoms. The average Bonchev–Trinajstić information content (AvgIpc) is 2.74. The highest BCUT2D eigenvalue weighted by atomic mass is 32.2. The molecule has 0 aliphatic carbocycles. The Hall–Kier alpha value is -1.73. The number of carbonyl (C=O) groups excluding carboxylic acids is 2. The molecule has 19 heavy (non-hydrogen) atoms. The van der Waals surface area contributed by atoms with Crippen molar-refractivity contribution in [2.45, 2.75) is 24.3 Å². The Morgan fingerprint density at radius 3 is 2.42 bits per heavy atom. The van der Waals surface area contributed by atoms with E-state index in [1.54, 1.807) is 0 Å².